The summed E-state index contributed by atoms with van der Waals surface area (Å²) in [5, 5.41) is 0. The van der Waals surface area contributed by atoms with Crippen molar-refractivity contribution in [2.45, 2.75) is 6.42 Å². The van der Waals surface area contributed by atoms with E-state index in [0.29, 0.717) is 43.6 Å². The minimum Gasteiger partial charge on any atom is -0.492 e. The molecule has 0 bridgehead atoms. The van der Waals surface area contributed by atoms with Gasteiger partial charge in [0.1, 0.15) is 31.4 Å². The first-order valence-electron chi connectivity index (χ1n) is 8.23. The van der Waals surface area contributed by atoms with Crippen LogP contribution in [-0.2, 0) is 11.2 Å². The van der Waals surface area contributed by atoms with Crippen molar-refractivity contribution in [2.75, 3.05) is 33.4 Å². The molecule has 0 aromatic heterocycles. The van der Waals surface area contributed by atoms with E-state index >= 15 is 0 Å². The van der Waals surface area contributed by atoms with Crippen molar-refractivity contribution >= 4 is 21.8 Å². The Balaban J connectivity index is 1.53. The van der Waals surface area contributed by atoms with Gasteiger partial charge in [0.25, 0.3) is 0 Å². The zero-order valence-corrected chi connectivity index (χ0v) is 15.9. The molecule has 1 aliphatic heterocycles. The van der Waals surface area contributed by atoms with E-state index in [1.807, 2.05) is 12.1 Å². The van der Waals surface area contributed by atoms with Gasteiger partial charge in [-0.2, -0.15) is 0 Å². The van der Waals surface area contributed by atoms with Gasteiger partial charge in [-0.05, 0) is 42.0 Å². The molecule has 1 heterocycles. The number of amides is 1. The maximum Gasteiger partial charge on any atom is 0.226 e. The third-order valence-electron chi connectivity index (χ3n) is 3.99. The second-order valence-corrected chi connectivity index (χ2v) is 6.74. The summed E-state index contributed by atoms with van der Waals surface area (Å²) in [6, 6.07) is 9.45. The fourth-order valence-electron chi connectivity index (χ4n) is 2.50. The average Bonchev–Trinajstić information content (AvgIpc) is 2.63. The van der Waals surface area contributed by atoms with Crippen LogP contribution in [0.25, 0.3) is 0 Å². The van der Waals surface area contributed by atoms with Crippen LogP contribution in [-0.4, -0.2) is 44.2 Å². The maximum atomic E-state index is 12.9. The molecule has 1 aliphatic rings. The molecule has 7 heteroatoms. The lowest BCUT2D eigenvalue weighted by Gasteiger charge is -2.21. The molecule has 0 atom stereocenters. The molecular weight excluding hydrogens is 405 g/mol. The molecule has 2 aromatic carbocycles. The van der Waals surface area contributed by atoms with Crippen LogP contribution in [0.5, 0.6) is 17.2 Å². The Morgan fingerprint density at radius 3 is 2.54 bits per heavy atom. The van der Waals surface area contributed by atoms with E-state index in [1.54, 1.807) is 24.1 Å². The zero-order valence-electron chi connectivity index (χ0n) is 14.3. The fourth-order valence-corrected chi connectivity index (χ4v) is 2.96. The quantitative estimate of drug-likeness (QED) is 0.713. The van der Waals surface area contributed by atoms with Gasteiger partial charge in [-0.1, -0.05) is 15.9 Å². The van der Waals surface area contributed by atoms with Crippen LogP contribution in [0, 0.1) is 5.82 Å². The minimum atomic E-state index is -0.311. The van der Waals surface area contributed by atoms with Crippen molar-refractivity contribution < 1.29 is 23.4 Å². The largest absolute Gasteiger partial charge is 0.492 e. The summed E-state index contributed by atoms with van der Waals surface area (Å²) in [7, 11) is 1.72. The predicted octanol–water partition coefficient (Wildman–Crippen LogP) is 3.44. The van der Waals surface area contributed by atoms with Crippen molar-refractivity contribution in [3.05, 3.63) is 52.3 Å². The van der Waals surface area contributed by atoms with Crippen LogP contribution in [0.15, 0.2) is 40.9 Å². The number of carbonyl (C=O) groups is 1. The molecule has 0 aliphatic carbocycles. The lowest BCUT2D eigenvalue weighted by molar-refractivity contribution is -0.129. The van der Waals surface area contributed by atoms with Gasteiger partial charge in [0.05, 0.1) is 13.0 Å². The molecule has 0 N–H and O–H groups in total. The fraction of sp³-hybridized carbons (Fsp3) is 0.316. The van der Waals surface area contributed by atoms with Crippen molar-refractivity contribution in [1.82, 2.24) is 4.90 Å². The number of ether oxygens (including phenoxy) is 3. The normalized spacial score (nSPS) is 12.6. The van der Waals surface area contributed by atoms with Gasteiger partial charge in [-0.25, -0.2) is 4.39 Å². The Kier molecular flexibility index (Phi) is 5.98. The molecule has 26 heavy (non-hydrogen) atoms. The van der Waals surface area contributed by atoms with Crippen molar-refractivity contribution in [3.8, 4) is 17.2 Å². The average molecular weight is 424 g/mol. The number of benzene rings is 2. The number of rotatable bonds is 6. The Labute approximate surface area is 159 Å². The van der Waals surface area contributed by atoms with Gasteiger partial charge >= 0.3 is 0 Å². The van der Waals surface area contributed by atoms with Gasteiger partial charge in [0.15, 0.2) is 11.5 Å². The molecule has 1 amide bonds. The smallest absolute Gasteiger partial charge is 0.226 e. The first-order chi connectivity index (χ1) is 12.5. The summed E-state index contributed by atoms with van der Waals surface area (Å²) >= 11 is 3.48. The second-order valence-electron chi connectivity index (χ2n) is 5.88. The summed E-state index contributed by atoms with van der Waals surface area (Å²) in [6.07, 6.45) is 0.240. The van der Waals surface area contributed by atoms with E-state index in [2.05, 4.69) is 15.9 Å². The molecule has 2 aromatic rings. The van der Waals surface area contributed by atoms with E-state index in [4.69, 9.17) is 14.2 Å². The SMILES string of the molecule is CN(CCOc1ccc(F)cc1)C(=O)Cc1cc2c(cc1Br)OCCO2. The highest BCUT2D eigenvalue weighted by Crippen LogP contribution is 2.35. The number of nitrogens with zero attached hydrogens (tertiary/aromatic N) is 1. The molecule has 0 radical (unpaired) electrons. The first-order valence-corrected chi connectivity index (χ1v) is 9.02. The van der Waals surface area contributed by atoms with E-state index in [-0.39, 0.29) is 18.1 Å². The van der Waals surface area contributed by atoms with Crippen LogP contribution < -0.4 is 14.2 Å². The van der Waals surface area contributed by atoms with Crippen LogP contribution >= 0.6 is 15.9 Å². The van der Waals surface area contributed by atoms with Crippen molar-refractivity contribution in [2.24, 2.45) is 0 Å². The lowest BCUT2D eigenvalue weighted by atomic mass is 10.1. The molecule has 138 valence electrons. The Morgan fingerprint density at radius 2 is 1.85 bits per heavy atom. The van der Waals surface area contributed by atoms with E-state index < -0.39 is 0 Å². The summed E-state index contributed by atoms with van der Waals surface area (Å²) in [6.45, 7) is 1.78. The summed E-state index contributed by atoms with van der Waals surface area (Å²) in [5.41, 5.74) is 0.838. The molecular formula is C19H19BrFNO4. The molecule has 0 unspecified atom stereocenters. The third-order valence-corrected chi connectivity index (χ3v) is 4.73. The molecule has 0 saturated carbocycles. The number of carbonyl (C=O) groups excluding carboxylic acids is 1. The summed E-state index contributed by atoms with van der Waals surface area (Å²) in [5.74, 6) is 1.56. The Morgan fingerprint density at radius 1 is 1.19 bits per heavy atom. The van der Waals surface area contributed by atoms with Crippen LogP contribution in [0.3, 0.4) is 0 Å². The summed E-state index contributed by atoms with van der Waals surface area (Å²) in [4.78, 5) is 14.1. The first kappa shape index (κ1) is 18.5. The van der Waals surface area contributed by atoms with E-state index in [0.717, 1.165) is 10.0 Å². The van der Waals surface area contributed by atoms with E-state index in [9.17, 15) is 9.18 Å². The number of hydrogen-bond donors (Lipinski definition) is 0. The minimum absolute atomic E-state index is 0.0370. The van der Waals surface area contributed by atoms with Crippen molar-refractivity contribution in [3.63, 3.8) is 0 Å². The van der Waals surface area contributed by atoms with Crippen LogP contribution in [0.4, 0.5) is 4.39 Å². The third kappa shape index (κ3) is 4.66. The molecule has 0 fully saturated rings. The Hall–Kier alpha value is -2.28. The Bertz CT molecular complexity index is 782. The highest BCUT2D eigenvalue weighted by molar-refractivity contribution is 9.10. The zero-order chi connectivity index (χ0) is 18.5. The standard InChI is InChI=1S/C19H19BrFNO4/c1-22(6-7-24-15-4-2-14(21)3-5-15)19(23)11-13-10-17-18(12-16(13)20)26-9-8-25-17/h2-5,10,12H,6-9,11H2,1H3. The van der Waals surface area contributed by atoms with Gasteiger partial charge in [0.2, 0.25) is 5.91 Å². The number of likely N-dealkylation sites (N-methyl/N-ethyl adjacent to an activating group) is 1. The number of hydrogen-bond acceptors (Lipinski definition) is 4. The highest BCUT2D eigenvalue weighted by Gasteiger charge is 2.18. The monoisotopic (exact) mass is 423 g/mol. The van der Waals surface area contributed by atoms with Gasteiger partial charge in [-0.3, -0.25) is 4.79 Å². The molecule has 3 rings (SSSR count). The van der Waals surface area contributed by atoms with Gasteiger partial charge < -0.3 is 19.1 Å². The maximum absolute atomic E-state index is 12.9. The number of fused-ring (bicyclic) bond motifs is 1. The topological polar surface area (TPSA) is 48.0 Å². The highest BCUT2D eigenvalue weighted by atomic mass is 79.9. The number of halogens is 2. The van der Waals surface area contributed by atoms with Gasteiger partial charge in [-0.15, -0.1) is 0 Å². The molecule has 0 saturated heterocycles. The van der Waals surface area contributed by atoms with Crippen molar-refractivity contribution in [1.29, 1.82) is 0 Å². The predicted molar refractivity (Wildman–Crippen MR) is 98.4 cm³/mol. The lowest BCUT2D eigenvalue weighted by Crippen LogP contribution is -2.32. The van der Waals surface area contributed by atoms with Crippen LogP contribution in [0.1, 0.15) is 5.56 Å². The summed E-state index contributed by atoms with van der Waals surface area (Å²) < 4.78 is 30.3. The molecule has 5 nitrogen and oxygen atoms in total. The second kappa shape index (κ2) is 8.40. The van der Waals surface area contributed by atoms with Crippen LogP contribution in [0.2, 0.25) is 0 Å². The van der Waals surface area contributed by atoms with E-state index in [1.165, 1.54) is 12.1 Å². The molecule has 0 spiro atoms. The van der Waals surface area contributed by atoms with Gasteiger partial charge in [0, 0.05) is 11.5 Å².